The van der Waals surface area contributed by atoms with E-state index in [-0.39, 0.29) is 0 Å². The third kappa shape index (κ3) is 2.70. The second kappa shape index (κ2) is 4.73. The predicted octanol–water partition coefficient (Wildman–Crippen LogP) is 2.56. The van der Waals surface area contributed by atoms with E-state index in [2.05, 4.69) is 13.3 Å². The topological polar surface area (TPSA) is 9.23 Å². The van der Waals surface area contributed by atoms with E-state index in [1.165, 1.54) is 32.1 Å². The summed E-state index contributed by atoms with van der Waals surface area (Å²) in [5.74, 6) is 0. The van der Waals surface area contributed by atoms with Gasteiger partial charge in [0.25, 0.3) is 0 Å². The van der Waals surface area contributed by atoms with Crippen molar-refractivity contribution in [2.75, 3.05) is 6.61 Å². The lowest BCUT2D eigenvalue weighted by Crippen LogP contribution is -2.04. The summed E-state index contributed by atoms with van der Waals surface area (Å²) in [7, 11) is 0. The molecule has 0 saturated carbocycles. The standard InChI is InChI=1S/C9H17O/c1-2-3-4-6-9-7-5-8-10-9/h6,9H,2-5,7-8H2,1H3. The van der Waals surface area contributed by atoms with Gasteiger partial charge in [-0.05, 0) is 25.7 Å². The molecule has 10 heavy (non-hydrogen) atoms. The van der Waals surface area contributed by atoms with E-state index in [1.807, 2.05) is 0 Å². The molecule has 0 aromatic rings. The van der Waals surface area contributed by atoms with Crippen LogP contribution >= 0.6 is 0 Å². The first-order valence-corrected chi connectivity index (χ1v) is 4.38. The zero-order valence-corrected chi connectivity index (χ0v) is 6.81. The average Bonchev–Trinajstić information content (AvgIpc) is 2.41. The molecule has 0 N–H and O–H groups in total. The van der Waals surface area contributed by atoms with Crippen molar-refractivity contribution in [3.05, 3.63) is 6.42 Å². The lowest BCUT2D eigenvalue weighted by molar-refractivity contribution is 0.131. The van der Waals surface area contributed by atoms with Crippen molar-refractivity contribution < 1.29 is 4.74 Å². The molecule has 1 atom stereocenters. The van der Waals surface area contributed by atoms with E-state index in [0.717, 1.165) is 6.61 Å². The fraction of sp³-hybridized carbons (Fsp3) is 0.889. The second-order valence-corrected chi connectivity index (χ2v) is 2.93. The largest absolute Gasteiger partial charge is 0.378 e. The molecule has 1 heteroatoms. The summed E-state index contributed by atoms with van der Waals surface area (Å²) in [6.07, 6.45) is 9.18. The van der Waals surface area contributed by atoms with Gasteiger partial charge in [-0.3, -0.25) is 0 Å². The van der Waals surface area contributed by atoms with Crippen LogP contribution in [-0.2, 0) is 4.74 Å². The Morgan fingerprint density at radius 2 is 2.50 bits per heavy atom. The molecule has 1 unspecified atom stereocenters. The maximum absolute atomic E-state index is 5.44. The van der Waals surface area contributed by atoms with Crippen LogP contribution in [-0.4, -0.2) is 12.7 Å². The Hall–Kier alpha value is -0.0400. The molecule has 0 aromatic heterocycles. The molecule has 1 nitrogen and oxygen atoms in total. The smallest absolute Gasteiger partial charge is 0.0607 e. The molecular formula is C9H17O. The van der Waals surface area contributed by atoms with Crippen LogP contribution in [0.25, 0.3) is 0 Å². The third-order valence-electron chi connectivity index (χ3n) is 1.95. The van der Waals surface area contributed by atoms with Crippen LogP contribution in [0.3, 0.4) is 0 Å². The maximum atomic E-state index is 5.44. The number of ether oxygens (including phenoxy) is 1. The van der Waals surface area contributed by atoms with Gasteiger partial charge in [-0.1, -0.05) is 19.8 Å². The number of hydrogen-bond acceptors (Lipinski definition) is 1. The molecule has 1 heterocycles. The minimum absolute atomic E-state index is 0.492. The van der Waals surface area contributed by atoms with Gasteiger partial charge in [0, 0.05) is 6.61 Å². The first-order valence-electron chi connectivity index (χ1n) is 4.38. The summed E-state index contributed by atoms with van der Waals surface area (Å²) in [5, 5.41) is 0. The highest BCUT2D eigenvalue weighted by molar-refractivity contribution is 4.79. The summed E-state index contributed by atoms with van der Waals surface area (Å²) < 4.78 is 5.44. The average molecular weight is 141 g/mol. The van der Waals surface area contributed by atoms with E-state index < -0.39 is 0 Å². The molecule has 0 aliphatic carbocycles. The highest BCUT2D eigenvalue weighted by Crippen LogP contribution is 2.16. The predicted molar refractivity (Wildman–Crippen MR) is 42.8 cm³/mol. The minimum atomic E-state index is 0.492. The van der Waals surface area contributed by atoms with Crippen LogP contribution in [0, 0.1) is 6.42 Å². The van der Waals surface area contributed by atoms with Crippen molar-refractivity contribution in [1.29, 1.82) is 0 Å². The zero-order chi connectivity index (χ0) is 7.23. The maximum Gasteiger partial charge on any atom is 0.0607 e. The van der Waals surface area contributed by atoms with E-state index in [4.69, 9.17) is 4.74 Å². The quantitative estimate of drug-likeness (QED) is 0.547. The highest BCUT2D eigenvalue weighted by atomic mass is 16.5. The summed E-state index contributed by atoms with van der Waals surface area (Å²) in [4.78, 5) is 0. The van der Waals surface area contributed by atoms with Crippen LogP contribution in [0.15, 0.2) is 0 Å². The highest BCUT2D eigenvalue weighted by Gasteiger charge is 2.14. The van der Waals surface area contributed by atoms with Crippen LogP contribution in [0.4, 0.5) is 0 Å². The summed E-state index contributed by atoms with van der Waals surface area (Å²) in [6, 6.07) is 0. The monoisotopic (exact) mass is 141 g/mol. The fourth-order valence-electron chi connectivity index (χ4n) is 1.30. The number of unbranched alkanes of at least 4 members (excludes halogenated alkanes) is 2. The molecule has 0 aromatic carbocycles. The first kappa shape index (κ1) is 8.06. The fourth-order valence-corrected chi connectivity index (χ4v) is 1.30. The number of hydrogen-bond donors (Lipinski definition) is 0. The summed E-state index contributed by atoms with van der Waals surface area (Å²) in [6.45, 7) is 3.20. The molecule has 59 valence electrons. The Kier molecular flexibility index (Phi) is 3.81. The van der Waals surface area contributed by atoms with E-state index in [0.29, 0.717) is 6.10 Å². The van der Waals surface area contributed by atoms with Gasteiger partial charge in [0.05, 0.1) is 6.10 Å². The van der Waals surface area contributed by atoms with Gasteiger partial charge < -0.3 is 4.74 Å². The molecule has 1 rings (SSSR count). The first-order chi connectivity index (χ1) is 4.93. The molecule has 0 bridgehead atoms. The van der Waals surface area contributed by atoms with E-state index >= 15 is 0 Å². The van der Waals surface area contributed by atoms with Gasteiger partial charge in [0.15, 0.2) is 0 Å². The molecule has 0 amide bonds. The Bertz CT molecular complexity index is 74.8. The second-order valence-electron chi connectivity index (χ2n) is 2.93. The van der Waals surface area contributed by atoms with Gasteiger partial charge >= 0.3 is 0 Å². The SMILES string of the molecule is CCCC[CH]C1CCCO1. The van der Waals surface area contributed by atoms with Crippen molar-refractivity contribution in [1.82, 2.24) is 0 Å². The molecule has 1 radical (unpaired) electrons. The summed E-state index contributed by atoms with van der Waals surface area (Å²) >= 11 is 0. The van der Waals surface area contributed by atoms with E-state index in [9.17, 15) is 0 Å². The van der Waals surface area contributed by atoms with Crippen molar-refractivity contribution in [2.45, 2.75) is 45.1 Å². The van der Waals surface area contributed by atoms with E-state index in [1.54, 1.807) is 0 Å². The van der Waals surface area contributed by atoms with Gasteiger partial charge in [-0.2, -0.15) is 0 Å². The van der Waals surface area contributed by atoms with Crippen LogP contribution in [0.1, 0.15) is 39.0 Å². The molecule has 1 fully saturated rings. The Morgan fingerprint density at radius 3 is 3.10 bits per heavy atom. The number of rotatable bonds is 4. The minimum Gasteiger partial charge on any atom is -0.378 e. The van der Waals surface area contributed by atoms with Crippen molar-refractivity contribution in [3.63, 3.8) is 0 Å². The van der Waals surface area contributed by atoms with Crippen LogP contribution in [0.5, 0.6) is 0 Å². The normalized spacial score (nSPS) is 25.5. The Morgan fingerprint density at radius 1 is 1.60 bits per heavy atom. The molecule has 1 aliphatic heterocycles. The third-order valence-corrected chi connectivity index (χ3v) is 1.95. The molecule has 0 spiro atoms. The van der Waals surface area contributed by atoms with Gasteiger partial charge in [-0.25, -0.2) is 0 Å². The lowest BCUT2D eigenvalue weighted by Gasteiger charge is -2.06. The summed E-state index contributed by atoms with van der Waals surface area (Å²) in [5.41, 5.74) is 0. The Labute approximate surface area is 63.8 Å². The van der Waals surface area contributed by atoms with Gasteiger partial charge in [0.1, 0.15) is 0 Å². The van der Waals surface area contributed by atoms with Gasteiger partial charge in [-0.15, -0.1) is 0 Å². The molecule has 1 aliphatic rings. The zero-order valence-electron chi connectivity index (χ0n) is 6.81. The Balaban J connectivity index is 1.91. The van der Waals surface area contributed by atoms with Crippen LogP contribution in [0.2, 0.25) is 0 Å². The van der Waals surface area contributed by atoms with Crippen molar-refractivity contribution in [2.24, 2.45) is 0 Å². The molecular weight excluding hydrogens is 124 g/mol. The van der Waals surface area contributed by atoms with Crippen LogP contribution < -0.4 is 0 Å². The van der Waals surface area contributed by atoms with Crippen molar-refractivity contribution >= 4 is 0 Å². The van der Waals surface area contributed by atoms with Gasteiger partial charge in [0.2, 0.25) is 0 Å². The molecule has 1 saturated heterocycles. The van der Waals surface area contributed by atoms with Crippen molar-refractivity contribution in [3.8, 4) is 0 Å². The lowest BCUT2D eigenvalue weighted by atomic mass is 10.1.